The van der Waals surface area contributed by atoms with Crippen LogP contribution in [-0.2, 0) is 9.47 Å². The summed E-state index contributed by atoms with van der Waals surface area (Å²) in [6.45, 7) is 13.4. The molecule has 2 fully saturated rings. The summed E-state index contributed by atoms with van der Waals surface area (Å²) in [5.74, 6) is 2.14. The Hall–Kier alpha value is -0.120. The van der Waals surface area contributed by atoms with Crippen LogP contribution in [0, 0.1) is 11.8 Å². The van der Waals surface area contributed by atoms with Crippen molar-refractivity contribution in [1.29, 1.82) is 0 Å². The Balaban J connectivity index is 0.00000312. The molecule has 3 unspecified atom stereocenters. The highest BCUT2D eigenvalue weighted by molar-refractivity contribution is 14.0. The van der Waals surface area contributed by atoms with E-state index in [-0.39, 0.29) is 24.0 Å². The molecule has 0 amide bonds. The first-order chi connectivity index (χ1) is 11.6. The molecule has 2 saturated heterocycles. The molecule has 3 atom stereocenters. The van der Waals surface area contributed by atoms with Crippen LogP contribution in [0.3, 0.4) is 0 Å². The lowest BCUT2D eigenvalue weighted by molar-refractivity contribution is 0.0888. The van der Waals surface area contributed by atoms with E-state index in [4.69, 9.17) is 9.47 Å². The van der Waals surface area contributed by atoms with E-state index >= 15 is 0 Å². The van der Waals surface area contributed by atoms with E-state index in [1.54, 1.807) is 0 Å². The summed E-state index contributed by atoms with van der Waals surface area (Å²) in [4.78, 5) is 6.88. The molecule has 2 N–H and O–H groups in total. The molecule has 2 heterocycles. The molecule has 0 aliphatic carbocycles. The Bertz CT molecular complexity index is 389. The standard InChI is InChI=1S/C18H36N4O2.HI/c1-14(2)22-10-15(3)17(11-22)21-18(19-4)20-7-5-8-23-12-16-6-9-24-13-16;/h14-17H,5-13H2,1-4H3,(H2,19,20,21);1H. The average Bonchev–Trinajstić information content (AvgIpc) is 3.19. The van der Waals surface area contributed by atoms with Crippen LogP contribution in [-0.4, -0.2) is 76.1 Å². The van der Waals surface area contributed by atoms with Crippen LogP contribution in [0.1, 0.15) is 33.6 Å². The van der Waals surface area contributed by atoms with E-state index in [1.165, 1.54) is 0 Å². The van der Waals surface area contributed by atoms with Gasteiger partial charge in [0.25, 0.3) is 0 Å². The second-order valence-electron chi connectivity index (χ2n) is 7.43. The van der Waals surface area contributed by atoms with E-state index in [0.29, 0.717) is 23.9 Å². The van der Waals surface area contributed by atoms with Gasteiger partial charge in [-0.05, 0) is 32.6 Å². The molecule has 0 radical (unpaired) electrons. The first-order valence-electron chi connectivity index (χ1n) is 9.47. The van der Waals surface area contributed by atoms with Crippen molar-refractivity contribution in [2.75, 3.05) is 53.1 Å². The fourth-order valence-electron chi connectivity index (χ4n) is 3.33. The molecule has 0 spiro atoms. The summed E-state index contributed by atoms with van der Waals surface area (Å²) in [6.07, 6.45) is 2.13. The van der Waals surface area contributed by atoms with Crippen molar-refractivity contribution in [2.45, 2.75) is 45.7 Å². The Morgan fingerprint density at radius 3 is 2.76 bits per heavy atom. The highest BCUT2D eigenvalue weighted by Crippen LogP contribution is 2.18. The van der Waals surface area contributed by atoms with Crippen LogP contribution in [0.15, 0.2) is 4.99 Å². The van der Waals surface area contributed by atoms with Gasteiger partial charge in [0.05, 0.1) is 13.2 Å². The summed E-state index contributed by atoms with van der Waals surface area (Å²) in [6, 6.07) is 1.08. The zero-order chi connectivity index (χ0) is 17.4. The number of nitrogens with zero attached hydrogens (tertiary/aromatic N) is 2. The summed E-state index contributed by atoms with van der Waals surface area (Å²) in [5.41, 5.74) is 0. The molecule has 2 aliphatic rings. The van der Waals surface area contributed by atoms with Gasteiger partial charge in [-0.3, -0.25) is 9.89 Å². The fraction of sp³-hybridized carbons (Fsp3) is 0.944. The molecular formula is C18H37IN4O2. The molecule has 148 valence electrons. The lowest BCUT2D eigenvalue weighted by atomic mass is 10.1. The van der Waals surface area contributed by atoms with Crippen molar-refractivity contribution < 1.29 is 9.47 Å². The van der Waals surface area contributed by atoms with Crippen LogP contribution in [0.5, 0.6) is 0 Å². The topological polar surface area (TPSA) is 58.1 Å². The van der Waals surface area contributed by atoms with Gasteiger partial charge in [0.2, 0.25) is 0 Å². The monoisotopic (exact) mass is 468 g/mol. The quantitative estimate of drug-likeness (QED) is 0.247. The molecule has 0 bridgehead atoms. The molecule has 2 rings (SSSR count). The third kappa shape index (κ3) is 7.97. The van der Waals surface area contributed by atoms with Gasteiger partial charge in [0.15, 0.2) is 5.96 Å². The molecule has 7 heteroatoms. The van der Waals surface area contributed by atoms with Gasteiger partial charge in [-0.25, -0.2) is 0 Å². The summed E-state index contributed by atoms with van der Waals surface area (Å²) >= 11 is 0. The van der Waals surface area contributed by atoms with Gasteiger partial charge in [0, 0.05) is 57.9 Å². The second-order valence-corrected chi connectivity index (χ2v) is 7.43. The van der Waals surface area contributed by atoms with Gasteiger partial charge in [0.1, 0.15) is 0 Å². The summed E-state index contributed by atoms with van der Waals surface area (Å²) < 4.78 is 11.1. The van der Waals surface area contributed by atoms with Crippen LogP contribution in [0.4, 0.5) is 0 Å². The average molecular weight is 468 g/mol. The maximum atomic E-state index is 5.74. The molecule has 6 nitrogen and oxygen atoms in total. The minimum absolute atomic E-state index is 0. The number of hydrogen-bond acceptors (Lipinski definition) is 4. The van der Waals surface area contributed by atoms with E-state index in [9.17, 15) is 0 Å². The van der Waals surface area contributed by atoms with Crippen molar-refractivity contribution in [3.63, 3.8) is 0 Å². The van der Waals surface area contributed by atoms with E-state index in [2.05, 4.69) is 41.3 Å². The van der Waals surface area contributed by atoms with Crippen molar-refractivity contribution in [3.05, 3.63) is 0 Å². The Kier molecular flexibility index (Phi) is 11.3. The third-order valence-corrected chi connectivity index (χ3v) is 5.05. The molecule has 2 aliphatic heterocycles. The van der Waals surface area contributed by atoms with Gasteiger partial charge < -0.3 is 20.1 Å². The third-order valence-electron chi connectivity index (χ3n) is 5.05. The smallest absolute Gasteiger partial charge is 0.191 e. The van der Waals surface area contributed by atoms with Crippen LogP contribution >= 0.6 is 24.0 Å². The number of hydrogen-bond donors (Lipinski definition) is 2. The SMILES string of the molecule is CN=C(NCCCOCC1CCOC1)NC1CN(C(C)C)CC1C.I. The molecule has 0 saturated carbocycles. The lowest BCUT2D eigenvalue weighted by Gasteiger charge is -2.22. The maximum Gasteiger partial charge on any atom is 0.191 e. The minimum Gasteiger partial charge on any atom is -0.381 e. The van der Waals surface area contributed by atoms with Crippen LogP contribution in [0.2, 0.25) is 0 Å². The minimum atomic E-state index is 0. The van der Waals surface area contributed by atoms with Gasteiger partial charge in [-0.1, -0.05) is 6.92 Å². The molecule has 0 aromatic rings. The van der Waals surface area contributed by atoms with Gasteiger partial charge >= 0.3 is 0 Å². The summed E-state index contributed by atoms with van der Waals surface area (Å²) in [5, 5.41) is 6.98. The number of rotatable bonds is 8. The van der Waals surface area contributed by atoms with Crippen molar-refractivity contribution in [2.24, 2.45) is 16.8 Å². The fourth-order valence-corrected chi connectivity index (χ4v) is 3.33. The Morgan fingerprint density at radius 2 is 2.16 bits per heavy atom. The van der Waals surface area contributed by atoms with E-state index < -0.39 is 0 Å². The number of halogens is 1. The van der Waals surface area contributed by atoms with Crippen molar-refractivity contribution in [3.8, 4) is 0 Å². The van der Waals surface area contributed by atoms with Crippen molar-refractivity contribution >= 4 is 29.9 Å². The van der Waals surface area contributed by atoms with Crippen LogP contribution < -0.4 is 10.6 Å². The molecule has 0 aromatic carbocycles. The molecule has 0 aromatic heterocycles. The number of likely N-dealkylation sites (tertiary alicyclic amines) is 1. The number of guanidine groups is 1. The zero-order valence-corrected chi connectivity index (χ0v) is 18.6. The number of aliphatic imine (C=N–C) groups is 1. The van der Waals surface area contributed by atoms with E-state index in [0.717, 1.165) is 64.9 Å². The first kappa shape index (κ1) is 22.9. The predicted molar refractivity (Wildman–Crippen MR) is 114 cm³/mol. The number of ether oxygens (including phenoxy) is 2. The largest absolute Gasteiger partial charge is 0.381 e. The van der Waals surface area contributed by atoms with Gasteiger partial charge in [-0.2, -0.15) is 0 Å². The number of nitrogens with one attached hydrogen (secondary N) is 2. The maximum absolute atomic E-state index is 5.74. The van der Waals surface area contributed by atoms with Crippen molar-refractivity contribution in [1.82, 2.24) is 15.5 Å². The highest BCUT2D eigenvalue weighted by Gasteiger charge is 2.31. The first-order valence-corrected chi connectivity index (χ1v) is 9.47. The van der Waals surface area contributed by atoms with Crippen LogP contribution in [0.25, 0.3) is 0 Å². The second kappa shape index (κ2) is 12.3. The van der Waals surface area contributed by atoms with E-state index in [1.807, 2.05) is 7.05 Å². The lowest BCUT2D eigenvalue weighted by Crippen LogP contribution is -2.47. The molecular weight excluding hydrogens is 431 g/mol. The summed E-state index contributed by atoms with van der Waals surface area (Å²) in [7, 11) is 1.84. The Morgan fingerprint density at radius 1 is 1.36 bits per heavy atom. The van der Waals surface area contributed by atoms with Gasteiger partial charge in [-0.15, -0.1) is 24.0 Å². The Labute approximate surface area is 170 Å². The molecule has 25 heavy (non-hydrogen) atoms. The normalized spacial score (nSPS) is 27.6. The zero-order valence-electron chi connectivity index (χ0n) is 16.3. The predicted octanol–water partition coefficient (Wildman–Crippen LogP) is 1.94. The highest BCUT2D eigenvalue weighted by atomic mass is 127.